The molecule has 8 heteroatoms. The molecule has 0 fully saturated rings. The van der Waals surface area contributed by atoms with Crippen molar-refractivity contribution in [1.29, 1.82) is 0 Å². The van der Waals surface area contributed by atoms with Crippen molar-refractivity contribution in [3.8, 4) is 0 Å². The summed E-state index contributed by atoms with van der Waals surface area (Å²) in [6.45, 7) is 2.94. The van der Waals surface area contributed by atoms with Crippen molar-refractivity contribution < 1.29 is 18.0 Å². The van der Waals surface area contributed by atoms with Crippen LogP contribution in [0.3, 0.4) is 0 Å². The van der Waals surface area contributed by atoms with Crippen LogP contribution in [0.2, 0.25) is 0 Å². The summed E-state index contributed by atoms with van der Waals surface area (Å²) in [6, 6.07) is 6.99. The predicted octanol–water partition coefficient (Wildman–Crippen LogP) is 1.34. The highest BCUT2D eigenvalue weighted by atomic mass is 32.2. The van der Waals surface area contributed by atoms with Crippen molar-refractivity contribution in [2.45, 2.75) is 25.1 Å². The Labute approximate surface area is 152 Å². The van der Waals surface area contributed by atoms with Crippen LogP contribution < -0.4 is 5.32 Å². The van der Waals surface area contributed by atoms with Gasteiger partial charge in [-0.1, -0.05) is 6.07 Å². The molecule has 7 nitrogen and oxygen atoms in total. The van der Waals surface area contributed by atoms with Crippen LogP contribution in [-0.2, 0) is 20.4 Å². The zero-order valence-electron chi connectivity index (χ0n) is 15.2. The summed E-state index contributed by atoms with van der Waals surface area (Å²) in [4.78, 5) is 26.3. The molecule has 2 amide bonds. The molecule has 1 aliphatic rings. The molecule has 3 rings (SSSR count). The van der Waals surface area contributed by atoms with Gasteiger partial charge >= 0.3 is 0 Å². The lowest BCUT2D eigenvalue weighted by Gasteiger charge is -2.28. The van der Waals surface area contributed by atoms with Gasteiger partial charge < -0.3 is 14.8 Å². The van der Waals surface area contributed by atoms with Gasteiger partial charge in [-0.15, -0.1) is 0 Å². The number of rotatable bonds is 5. The fourth-order valence-corrected chi connectivity index (χ4v) is 4.12. The highest BCUT2D eigenvalue weighted by Crippen LogP contribution is 2.29. The molecule has 26 heavy (non-hydrogen) atoms. The maximum absolute atomic E-state index is 12.3. The monoisotopic (exact) mass is 377 g/mol. The molecule has 1 aromatic heterocycles. The van der Waals surface area contributed by atoms with E-state index in [0.29, 0.717) is 30.8 Å². The van der Waals surface area contributed by atoms with E-state index in [1.54, 1.807) is 30.1 Å². The number of benzene rings is 1. The third-order valence-electron chi connectivity index (χ3n) is 4.74. The number of nitrogens with one attached hydrogen (secondary N) is 1. The van der Waals surface area contributed by atoms with Gasteiger partial charge in [-0.2, -0.15) is 0 Å². The van der Waals surface area contributed by atoms with Crippen LogP contribution in [0.25, 0.3) is 10.9 Å². The van der Waals surface area contributed by atoms with Crippen LogP contribution in [0.5, 0.6) is 0 Å². The Kier molecular flexibility index (Phi) is 4.79. The molecule has 0 spiro atoms. The molecule has 0 aliphatic carbocycles. The van der Waals surface area contributed by atoms with E-state index in [4.69, 9.17) is 0 Å². The topological polar surface area (TPSA) is 88.5 Å². The highest BCUT2D eigenvalue weighted by molar-refractivity contribution is 7.89. The number of fused-ring (bicyclic) bond motifs is 3. The second kappa shape index (κ2) is 6.75. The van der Waals surface area contributed by atoms with Gasteiger partial charge in [0.25, 0.3) is 5.91 Å². The van der Waals surface area contributed by atoms with E-state index < -0.39 is 9.84 Å². The van der Waals surface area contributed by atoms with E-state index >= 15 is 0 Å². The summed E-state index contributed by atoms with van der Waals surface area (Å²) in [5, 5.41) is 3.64. The van der Waals surface area contributed by atoms with Crippen LogP contribution in [-0.4, -0.2) is 56.1 Å². The van der Waals surface area contributed by atoms with Crippen LogP contribution in [0.15, 0.2) is 24.3 Å². The minimum absolute atomic E-state index is 0.0233. The molecular weight excluding hydrogens is 354 g/mol. The molecule has 0 saturated heterocycles. The first-order chi connectivity index (χ1) is 12.2. The Bertz CT molecular complexity index is 978. The molecule has 140 valence electrons. The zero-order chi connectivity index (χ0) is 19.1. The van der Waals surface area contributed by atoms with Gasteiger partial charge in [-0.3, -0.25) is 9.59 Å². The number of nitrogens with zero attached hydrogens (tertiary/aromatic N) is 2. The summed E-state index contributed by atoms with van der Waals surface area (Å²) in [6.07, 6.45) is 1.49. The standard InChI is InChI=1S/C18H23N3O4S/c1-4-20(2)17(22)9-14-10-19-18(23)16-8-13-7-12(11-26(3,24)25)5-6-15(13)21(14)16/h5-8,14H,4,9-11H2,1-3H3,(H,19,23). The Hall–Kier alpha value is -2.35. The second-order valence-corrected chi connectivity index (χ2v) is 8.98. The van der Waals surface area contributed by atoms with Crippen molar-refractivity contribution in [2.24, 2.45) is 0 Å². The van der Waals surface area contributed by atoms with Crippen LogP contribution in [0, 0.1) is 0 Å². The first-order valence-corrected chi connectivity index (χ1v) is 10.6. The number of sulfone groups is 1. The summed E-state index contributed by atoms with van der Waals surface area (Å²) in [5.74, 6) is -0.202. The van der Waals surface area contributed by atoms with Crippen LogP contribution in [0.1, 0.15) is 35.4 Å². The number of amides is 2. The summed E-state index contributed by atoms with van der Waals surface area (Å²) < 4.78 is 25.0. The average molecular weight is 377 g/mol. The van der Waals surface area contributed by atoms with E-state index in [9.17, 15) is 18.0 Å². The Morgan fingerprint density at radius 3 is 2.73 bits per heavy atom. The van der Waals surface area contributed by atoms with Crippen LogP contribution in [0.4, 0.5) is 0 Å². The zero-order valence-corrected chi connectivity index (χ0v) is 16.0. The van der Waals surface area contributed by atoms with Crippen molar-refractivity contribution in [3.05, 3.63) is 35.5 Å². The third-order valence-corrected chi connectivity index (χ3v) is 5.60. The molecular formula is C18H23N3O4S. The minimum Gasteiger partial charge on any atom is -0.349 e. The maximum atomic E-state index is 12.3. The molecule has 1 N–H and O–H groups in total. The molecule has 1 aromatic carbocycles. The van der Waals surface area contributed by atoms with E-state index in [1.165, 1.54) is 6.26 Å². The Balaban J connectivity index is 2.02. The Morgan fingerprint density at radius 2 is 2.08 bits per heavy atom. The van der Waals surface area contributed by atoms with Crippen molar-refractivity contribution in [1.82, 2.24) is 14.8 Å². The summed E-state index contributed by atoms with van der Waals surface area (Å²) >= 11 is 0. The first kappa shape index (κ1) is 18.4. The molecule has 1 unspecified atom stereocenters. The maximum Gasteiger partial charge on any atom is 0.268 e. The fourth-order valence-electron chi connectivity index (χ4n) is 3.34. The minimum atomic E-state index is -3.13. The van der Waals surface area contributed by atoms with Crippen molar-refractivity contribution in [2.75, 3.05) is 26.4 Å². The lowest BCUT2D eigenvalue weighted by atomic mass is 10.1. The van der Waals surface area contributed by atoms with Crippen molar-refractivity contribution in [3.63, 3.8) is 0 Å². The largest absolute Gasteiger partial charge is 0.349 e. The molecule has 0 bridgehead atoms. The third kappa shape index (κ3) is 3.60. The number of hydrogen-bond acceptors (Lipinski definition) is 4. The van der Waals surface area contributed by atoms with Gasteiger partial charge in [0.15, 0.2) is 9.84 Å². The molecule has 0 saturated carbocycles. The van der Waals surface area contributed by atoms with E-state index in [0.717, 1.165) is 10.9 Å². The number of carbonyl (C=O) groups is 2. The molecule has 0 radical (unpaired) electrons. The lowest BCUT2D eigenvalue weighted by Crippen LogP contribution is -2.41. The van der Waals surface area contributed by atoms with E-state index in [1.807, 2.05) is 17.6 Å². The number of aromatic nitrogens is 1. The van der Waals surface area contributed by atoms with Gasteiger partial charge in [-0.05, 0) is 30.7 Å². The SMILES string of the molecule is CCN(C)C(=O)CC1CNC(=O)c2cc3cc(CS(C)(=O)=O)ccc3n21. The lowest BCUT2D eigenvalue weighted by molar-refractivity contribution is -0.130. The number of carbonyl (C=O) groups excluding carboxylic acids is 2. The average Bonchev–Trinajstić information content (AvgIpc) is 2.94. The van der Waals surface area contributed by atoms with Crippen molar-refractivity contribution >= 4 is 32.6 Å². The Morgan fingerprint density at radius 1 is 1.35 bits per heavy atom. The summed E-state index contributed by atoms with van der Waals surface area (Å²) in [7, 11) is -1.37. The van der Waals surface area contributed by atoms with Gasteiger partial charge in [-0.25, -0.2) is 8.42 Å². The van der Waals surface area contributed by atoms with Gasteiger partial charge in [0.2, 0.25) is 5.91 Å². The molecule has 2 heterocycles. The molecule has 1 aliphatic heterocycles. The smallest absolute Gasteiger partial charge is 0.268 e. The van der Waals surface area contributed by atoms with Gasteiger partial charge in [0.1, 0.15) is 5.69 Å². The normalized spacial score (nSPS) is 17.0. The number of hydrogen-bond donors (Lipinski definition) is 1. The van der Waals surface area contributed by atoms with E-state index in [2.05, 4.69) is 5.32 Å². The first-order valence-electron chi connectivity index (χ1n) is 8.53. The fraction of sp³-hybridized carbons (Fsp3) is 0.444. The molecule has 1 atom stereocenters. The van der Waals surface area contributed by atoms with Gasteiger partial charge in [0, 0.05) is 43.7 Å². The summed E-state index contributed by atoms with van der Waals surface area (Å²) in [5.41, 5.74) is 2.02. The van der Waals surface area contributed by atoms with Crippen LogP contribution >= 0.6 is 0 Å². The van der Waals surface area contributed by atoms with E-state index in [-0.39, 0.29) is 23.6 Å². The quantitative estimate of drug-likeness (QED) is 0.852. The molecule has 2 aromatic rings. The second-order valence-electron chi connectivity index (χ2n) is 6.84. The van der Waals surface area contributed by atoms with Gasteiger partial charge in [0.05, 0.1) is 11.8 Å². The predicted molar refractivity (Wildman–Crippen MR) is 99.8 cm³/mol. The highest BCUT2D eigenvalue weighted by Gasteiger charge is 2.29.